The number of aromatic nitrogens is 2. The Kier molecular flexibility index (Phi) is 3.79. The van der Waals surface area contributed by atoms with Crippen LogP contribution in [0.15, 0.2) is 6.20 Å². The number of aliphatic hydroxyl groups excluding tert-OH is 1. The molecule has 0 saturated heterocycles. The molecule has 0 radical (unpaired) electrons. The van der Waals surface area contributed by atoms with E-state index in [0.717, 1.165) is 38.3 Å². The first kappa shape index (κ1) is 12.5. The molecule has 1 heterocycles. The molecule has 0 unspecified atom stereocenters. The molecule has 1 fully saturated rings. The molecule has 1 saturated carbocycles. The SMILES string of the molecule is OCC1(Nc2nc(Cl)ncc2F)CCCCC1. The van der Waals surface area contributed by atoms with Gasteiger partial charge in [0.1, 0.15) is 0 Å². The predicted molar refractivity (Wildman–Crippen MR) is 63.5 cm³/mol. The number of hydrogen-bond donors (Lipinski definition) is 2. The van der Waals surface area contributed by atoms with Gasteiger partial charge in [-0.25, -0.2) is 9.37 Å². The van der Waals surface area contributed by atoms with Crippen molar-refractivity contribution < 1.29 is 9.50 Å². The summed E-state index contributed by atoms with van der Waals surface area (Å²) in [6.07, 6.45) is 5.85. The molecule has 17 heavy (non-hydrogen) atoms. The van der Waals surface area contributed by atoms with Gasteiger partial charge in [-0.3, -0.25) is 0 Å². The van der Waals surface area contributed by atoms with Crippen molar-refractivity contribution in [3.05, 3.63) is 17.3 Å². The second kappa shape index (κ2) is 5.14. The van der Waals surface area contributed by atoms with E-state index in [2.05, 4.69) is 15.3 Å². The van der Waals surface area contributed by atoms with E-state index in [1.54, 1.807) is 0 Å². The van der Waals surface area contributed by atoms with E-state index in [1.165, 1.54) is 0 Å². The molecule has 4 nitrogen and oxygen atoms in total. The molecule has 2 rings (SSSR count). The third-order valence-electron chi connectivity index (χ3n) is 3.21. The second-order valence-corrected chi connectivity index (χ2v) is 4.80. The fourth-order valence-electron chi connectivity index (χ4n) is 2.24. The third-order valence-corrected chi connectivity index (χ3v) is 3.39. The van der Waals surface area contributed by atoms with E-state index in [4.69, 9.17) is 11.6 Å². The molecule has 94 valence electrons. The summed E-state index contributed by atoms with van der Waals surface area (Å²) in [6, 6.07) is 0. The number of hydrogen-bond acceptors (Lipinski definition) is 4. The van der Waals surface area contributed by atoms with Crippen LogP contribution in [-0.4, -0.2) is 27.2 Å². The van der Waals surface area contributed by atoms with Crippen LogP contribution in [0.3, 0.4) is 0 Å². The monoisotopic (exact) mass is 259 g/mol. The predicted octanol–water partition coefficient (Wildman–Crippen LogP) is 2.38. The minimum absolute atomic E-state index is 0.00204. The van der Waals surface area contributed by atoms with Gasteiger partial charge in [0.05, 0.1) is 18.3 Å². The smallest absolute Gasteiger partial charge is 0.224 e. The normalized spacial score (nSPS) is 19.0. The third kappa shape index (κ3) is 2.84. The van der Waals surface area contributed by atoms with Crippen molar-refractivity contribution in [1.82, 2.24) is 9.97 Å². The minimum atomic E-state index is -0.548. The molecule has 0 atom stereocenters. The number of nitrogens with one attached hydrogen (secondary N) is 1. The molecule has 0 aliphatic heterocycles. The maximum Gasteiger partial charge on any atom is 0.224 e. The number of aliphatic hydroxyl groups is 1. The first-order valence-corrected chi connectivity index (χ1v) is 6.10. The molecule has 1 aromatic rings. The molecule has 0 amide bonds. The number of anilines is 1. The first-order chi connectivity index (χ1) is 8.15. The number of rotatable bonds is 3. The van der Waals surface area contributed by atoms with Gasteiger partial charge in [0.2, 0.25) is 5.28 Å². The quantitative estimate of drug-likeness (QED) is 0.819. The molecule has 0 bridgehead atoms. The average molecular weight is 260 g/mol. The Morgan fingerprint density at radius 1 is 1.41 bits per heavy atom. The minimum Gasteiger partial charge on any atom is -0.394 e. The van der Waals surface area contributed by atoms with E-state index in [1.807, 2.05) is 0 Å². The molecule has 1 aliphatic rings. The standard InChI is InChI=1S/C11H15ClFN3O/c12-10-14-6-8(13)9(15-10)16-11(7-17)4-2-1-3-5-11/h6,17H,1-5,7H2,(H,14,15,16). The van der Waals surface area contributed by atoms with Gasteiger partial charge in [-0.15, -0.1) is 0 Å². The summed E-state index contributed by atoms with van der Waals surface area (Å²) in [5.74, 6) is -0.478. The first-order valence-electron chi connectivity index (χ1n) is 5.72. The van der Waals surface area contributed by atoms with Crippen molar-refractivity contribution in [3.63, 3.8) is 0 Å². The molecule has 0 spiro atoms. The highest BCUT2D eigenvalue weighted by molar-refractivity contribution is 6.28. The Morgan fingerprint density at radius 3 is 2.76 bits per heavy atom. The van der Waals surface area contributed by atoms with E-state index in [9.17, 15) is 9.50 Å². The van der Waals surface area contributed by atoms with Crippen molar-refractivity contribution in [2.75, 3.05) is 11.9 Å². The van der Waals surface area contributed by atoms with Gasteiger partial charge < -0.3 is 10.4 Å². The Bertz CT molecular complexity index is 396. The summed E-state index contributed by atoms with van der Waals surface area (Å²) < 4.78 is 13.5. The lowest BCUT2D eigenvalue weighted by Gasteiger charge is -2.36. The van der Waals surface area contributed by atoms with Gasteiger partial charge in [0.25, 0.3) is 0 Å². The maximum absolute atomic E-state index is 13.5. The Morgan fingerprint density at radius 2 is 2.12 bits per heavy atom. The molecule has 2 N–H and O–H groups in total. The van der Waals surface area contributed by atoms with Crippen LogP contribution in [0, 0.1) is 5.82 Å². The highest BCUT2D eigenvalue weighted by Gasteiger charge is 2.32. The molecule has 1 aromatic heterocycles. The summed E-state index contributed by atoms with van der Waals surface area (Å²) in [6.45, 7) is -0.0337. The van der Waals surface area contributed by atoms with Crippen molar-refractivity contribution in [2.45, 2.75) is 37.6 Å². The van der Waals surface area contributed by atoms with E-state index < -0.39 is 11.4 Å². The summed E-state index contributed by atoms with van der Waals surface area (Å²) in [4.78, 5) is 7.37. The van der Waals surface area contributed by atoms with Gasteiger partial charge in [0, 0.05) is 0 Å². The van der Waals surface area contributed by atoms with Crippen molar-refractivity contribution in [3.8, 4) is 0 Å². The largest absolute Gasteiger partial charge is 0.394 e. The molecule has 1 aliphatic carbocycles. The van der Waals surface area contributed by atoms with E-state index in [-0.39, 0.29) is 17.7 Å². The topological polar surface area (TPSA) is 58.0 Å². The lowest BCUT2D eigenvalue weighted by Crippen LogP contribution is -2.44. The van der Waals surface area contributed by atoms with Crippen LogP contribution in [0.4, 0.5) is 10.2 Å². The molecular weight excluding hydrogens is 245 g/mol. The summed E-state index contributed by atoms with van der Waals surface area (Å²) in [7, 11) is 0. The van der Waals surface area contributed by atoms with Gasteiger partial charge in [0.15, 0.2) is 11.6 Å². The maximum atomic E-state index is 13.5. The summed E-state index contributed by atoms with van der Waals surface area (Å²) >= 11 is 5.63. The highest BCUT2D eigenvalue weighted by atomic mass is 35.5. The lowest BCUT2D eigenvalue weighted by molar-refractivity contribution is 0.172. The number of halogens is 2. The zero-order valence-corrected chi connectivity index (χ0v) is 10.2. The van der Waals surface area contributed by atoms with Gasteiger partial charge >= 0.3 is 0 Å². The van der Waals surface area contributed by atoms with Crippen LogP contribution in [-0.2, 0) is 0 Å². The van der Waals surface area contributed by atoms with Crippen LogP contribution in [0.2, 0.25) is 5.28 Å². The zero-order chi connectivity index (χ0) is 12.3. The summed E-state index contributed by atoms with van der Waals surface area (Å²) in [5.41, 5.74) is -0.475. The van der Waals surface area contributed by atoms with Gasteiger partial charge in [-0.05, 0) is 24.4 Å². The Hall–Kier alpha value is -0.940. The second-order valence-electron chi connectivity index (χ2n) is 4.46. The summed E-state index contributed by atoms with van der Waals surface area (Å²) in [5, 5.41) is 12.5. The van der Waals surface area contributed by atoms with Gasteiger partial charge in [-0.2, -0.15) is 4.98 Å². The average Bonchev–Trinajstić information content (AvgIpc) is 2.35. The van der Waals surface area contributed by atoms with Crippen LogP contribution in [0.1, 0.15) is 32.1 Å². The zero-order valence-electron chi connectivity index (χ0n) is 9.42. The van der Waals surface area contributed by atoms with Crippen LogP contribution < -0.4 is 5.32 Å². The number of nitrogens with zero attached hydrogens (tertiary/aromatic N) is 2. The molecular formula is C11H15ClFN3O. The molecule has 6 heteroatoms. The fraction of sp³-hybridized carbons (Fsp3) is 0.636. The van der Waals surface area contributed by atoms with Crippen LogP contribution >= 0.6 is 11.6 Å². The van der Waals surface area contributed by atoms with Crippen molar-refractivity contribution >= 4 is 17.4 Å². The fourth-order valence-corrected chi connectivity index (χ4v) is 2.37. The molecule has 0 aromatic carbocycles. The van der Waals surface area contributed by atoms with Gasteiger partial charge in [-0.1, -0.05) is 19.3 Å². The van der Waals surface area contributed by atoms with E-state index in [0.29, 0.717) is 0 Å². The Balaban J connectivity index is 2.20. The lowest BCUT2D eigenvalue weighted by atomic mass is 9.82. The van der Waals surface area contributed by atoms with Crippen molar-refractivity contribution in [2.24, 2.45) is 0 Å². The van der Waals surface area contributed by atoms with E-state index >= 15 is 0 Å². The Labute approximate surface area is 104 Å². The van der Waals surface area contributed by atoms with Crippen LogP contribution in [0.25, 0.3) is 0 Å². The van der Waals surface area contributed by atoms with Crippen molar-refractivity contribution in [1.29, 1.82) is 0 Å². The highest BCUT2D eigenvalue weighted by Crippen LogP contribution is 2.31. The van der Waals surface area contributed by atoms with Crippen LogP contribution in [0.5, 0.6) is 0 Å².